The summed E-state index contributed by atoms with van der Waals surface area (Å²) in [6.07, 6.45) is 0. The smallest absolute Gasteiger partial charge is 0.338 e. The van der Waals surface area contributed by atoms with E-state index >= 15 is 0 Å². The van der Waals surface area contributed by atoms with Crippen LogP contribution in [0.5, 0.6) is 0 Å². The van der Waals surface area contributed by atoms with Gasteiger partial charge in [0, 0.05) is 12.3 Å². The van der Waals surface area contributed by atoms with E-state index in [4.69, 9.17) is 10.00 Å². The van der Waals surface area contributed by atoms with E-state index in [0.717, 1.165) is 11.3 Å². The number of esters is 1. The van der Waals surface area contributed by atoms with E-state index < -0.39 is 5.97 Å². The van der Waals surface area contributed by atoms with Crippen molar-refractivity contribution in [1.82, 2.24) is 4.98 Å². The summed E-state index contributed by atoms with van der Waals surface area (Å²) in [7, 11) is 0. The molecule has 0 saturated carbocycles. The molecule has 0 aliphatic heterocycles. The summed E-state index contributed by atoms with van der Waals surface area (Å²) in [5, 5.41) is 11.1. The fourth-order valence-electron chi connectivity index (χ4n) is 2.56. The number of anilines is 2. The molecule has 0 fully saturated rings. The number of benzene rings is 2. The van der Waals surface area contributed by atoms with Crippen LogP contribution in [0.3, 0.4) is 0 Å². The van der Waals surface area contributed by atoms with Crippen LogP contribution in [0.25, 0.3) is 0 Å². The normalized spacial score (nSPS) is 10.2. The van der Waals surface area contributed by atoms with Crippen LogP contribution < -0.4 is 4.90 Å². The lowest BCUT2D eigenvalue weighted by Gasteiger charge is -2.18. The van der Waals surface area contributed by atoms with Crippen molar-refractivity contribution in [2.75, 3.05) is 4.90 Å². The maximum absolute atomic E-state index is 12.2. The number of hydrogen-bond acceptors (Lipinski definition) is 6. The lowest BCUT2D eigenvalue weighted by molar-refractivity contribution is -0.115. The molecular weight excluding hydrogens is 374 g/mol. The average molecular weight is 391 g/mol. The van der Waals surface area contributed by atoms with Gasteiger partial charge in [0.2, 0.25) is 5.91 Å². The first-order valence-electron chi connectivity index (χ1n) is 8.47. The third-order valence-corrected chi connectivity index (χ3v) is 4.78. The second kappa shape index (κ2) is 8.46. The summed E-state index contributed by atoms with van der Waals surface area (Å²) < 4.78 is 5.28. The molecule has 2 aromatic carbocycles. The van der Waals surface area contributed by atoms with Gasteiger partial charge in [0.1, 0.15) is 6.61 Å². The van der Waals surface area contributed by atoms with Crippen LogP contribution in [0.15, 0.2) is 53.9 Å². The summed E-state index contributed by atoms with van der Waals surface area (Å²) >= 11 is 1.31. The van der Waals surface area contributed by atoms with Crippen molar-refractivity contribution in [3.63, 3.8) is 0 Å². The van der Waals surface area contributed by atoms with Gasteiger partial charge in [-0.2, -0.15) is 5.26 Å². The van der Waals surface area contributed by atoms with E-state index in [1.165, 1.54) is 23.2 Å². The van der Waals surface area contributed by atoms with E-state index in [9.17, 15) is 9.59 Å². The third-order valence-electron chi connectivity index (χ3n) is 3.91. The molecule has 6 nitrogen and oxygen atoms in total. The Bertz CT molecular complexity index is 1050. The molecule has 140 valence electrons. The number of ether oxygens (including phenoxy) is 1. The van der Waals surface area contributed by atoms with Gasteiger partial charge in [-0.05, 0) is 48.9 Å². The Balaban J connectivity index is 1.71. The standard InChI is InChI=1S/C21H17N3O3S/c1-14-4-3-5-19(10-14)24(15(2)25)21-23-18(13-28-21)12-27-20(26)17-8-6-16(11-22)7-9-17/h3-10,13H,12H2,1-2H3. The SMILES string of the molecule is CC(=O)N(c1cccc(C)c1)c1nc(COC(=O)c2ccc(C#N)cc2)cs1. The highest BCUT2D eigenvalue weighted by Gasteiger charge is 2.18. The zero-order valence-electron chi connectivity index (χ0n) is 15.4. The topological polar surface area (TPSA) is 83.3 Å². The first-order chi connectivity index (χ1) is 13.5. The second-order valence-corrected chi connectivity index (χ2v) is 6.92. The number of hydrogen-bond donors (Lipinski definition) is 0. The number of aryl methyl sites for hydroxylation is 1. The third kappa shape index (κ3) is 4.42. The number of aromatic nitrogens is 1. The Morgan fingerprint density at radius 2 is 1.96 bits per heavy atom. The Morgan fingerprint density at radius 3 is 2.61 bits per heavy atom. The minimum atomic E-state index is -0.499. The van der Waals surface area contributed by atoms with Crippen LogP contribution in [0, 0.1) is 18.3 Å². The molecule has 0 spiro atoms. The van der Waals surface area contributed by atoms with Gasteiger partial charge in [0.25, 0.3) is 0 Å². The molecule has 1 heterocycles. The Morgan fingerprint density at radius 1 is 1.21 bits per heavy atom. The first kappa shape index (κ1) is 19.3. The molecule has 0 N–H and O–H groups in total. The Hall–Kier alpha value is -3.50. The van der Waals surface area contributed by atoms with Gasteiger partial charge in [0.15, 0.2) is 5.13 Å². The molecule has 28 heavy (non-hydrogen) atoms. The van der Waals surface area contributed by atoms with E-state index in [-0.39, 0.29) is 12.5 Å². The number of amides is 1. The molecule has 0 aliphatic rings. The lowest BCUT2D eigenvalue weighted by Crippen LogP contribution is -2.22. The monoisotopic (exact) mass is 391 g/mol. The van der Waals surface area contributed by atoms with Gasteiger partial charge in [0.05, 0.1) is 28.6 Å². The quantitative estimate of drug-likeness (QED) is 0.603. The number of nitrogens with zero attached hydrogens (tertiary/aromatic N) is 3. The average Bonchev–Trinajstić information content (AvgIpc) is 3.14. The van der Waals surface area contributed by atoms with Gasteiger partial charge in [-0.25, -0.2) is 9.78 Å². The van der Waals surface area contributed by atoms with Crippen LogP contribution in [-0.4, -0.2) is 16.9 Å². The van der Waals surface area contributed by atoms with Gasteiger partial charge in [-0.1, -0.05) is 12.1 Å². The second-order valence-electron chi connectivity index (χ2n) is 6.08. The van der Waals surface area contributed by atoms with Crippen molar-refractivity contribution in [2.45, 2.75) is 20.5 Å². The zero-order chi connectivity index (χ0) is 20.1. The minimum absolute atomic E-state index is 0.00506. The number of thiazole rings is 1. The van der Waals surface area contributed by atoms with E-state index in [2.05, 4.69) is 4.98 Å². The van der Waals surface area contributed by atoms with Crippen molar-refractivity contribution >= 4 is 34.0 Å². The fourth-order valence-corrected chi connectivity index (χ4v) is 3.43. The molecule has 3 aromatic rings. The predicted molar refractivity (Wildman–Crippen MR) is 106 cm³/mol. The van der Waals surface area contributed by atoms with E-state index in [0.29, 0.717) is 22.0 Å². The lowest BCUT2D eigenvalue weighted by atomic mass is 10.1. The summed E-state index contributed by atoms with van der Waals surface area (Å²) in [5.74, 6) is -0.651. The highest BCUT2D eigenvalue weighted by molar-refractivity contribution is 7.14. The molecule has 1 aromatic heterocycles. The van der Waals surface area contributed by atoms with Crippen LogP contribution in [0.2, 0.25) is 0 Å². The summed E-state index contributed by atoms with van der Waals surface area (Å²) in [5.41, 5.74) is 3.17. The van der Waals surface area contributed by atoms with E-state index in [1.54, 1.807) is 29.6 Å². The number of nitriles is 1. The van der Waals surface area contributed by atoms with Gasteiger partial charge in [-0.15, -0.1) is 11.3 Å². The number of carbonyl (C=O) groups excluding carboxylic acids is 2. The molecule has 0 unspecified atom stereocenters. The van der Waals surface area contributed by atoms with Crippen molar-refractivity contribution in [3.8, 4) is 6.07 Å². The minimum Gasteiger partial charge on any atom is -0.456 e. The molecule has 7 heteroatoms. The zero-order valence-corrected chi connectivity index (χ0v) is 16.2. The van der Waals surface area contributed by atoms with Gasteiger partial charge in [-0.3, -0.25) is 9.69 Å². The molecule has 0 saturated heterocycles. The highest BCUT2D eigenvalue weighted by Crippen LogP contribution is 2.29. The maximum Gasteiger partial charge on any atom is 0.338 e. The Labute approximate surface area is 166 Å². The maximum atomic E-state index is 12.2. The number of rotatable bonds is 5. The van der Waals surface area contributed by atoms with Crippen molar-refractivity contribution in [3.05, 3.63) is 76.3 Å². The largest absolute Gasteiger partial charge is 0.456 e. The van der Waals surface area contributed by atoms with Crippen molar-refractivity contribution < 1.29 is 14.3 Å². The Kier molecular flexibility index (Phi) is 5.82. The van der Waals surface area contributed by atoms with Gasteiger partial charge < -0.3 is 4.74 Å². The molecule has 0 bridgehead atoms. The van der Waals surface area contributed by atoms with Gasteiger partial charge >= 0.3 is 5.97 Å². The molecular formula is C21H17N3O3S. The molecule has 1 amide bonds. The van der Waals surface area contributed by atoms with Crippen LogP contribution >= 0.6 is 11.3 Å². The summed E-state index contributed by atoms with van der Waals surface area (Å²) in [6, 6.07) is 15.8. The van der Waals surface area contributed by atoms with Crippen molar-refractivity contribution in [1.29, 1.82) is 5.26 Å². The highest BCUT2D eigenvalue weighted by atomic mass is 32.1. The molecule has 0 atom stereocenters. The first-order valence-corrected chi connectivity index (χ1v) is 9.35. The number of carbonyl (C=O) groups is 2. The summed E-state index contributed by atoms with van der Waals surface area (Å²) in [4.78, 5) is 30.3. The van der Waals surface area contributed by atoms with Crippen molar-refractivity contribution in [2.24, 2.45) is 0 Å². The van der Waals surface area contributed by atoms with Crippen LogP contribution in [-0.2, 0) is 16.1 Å². The van der Waals surface area contributed by atoms with Crippen LogP contribution in [0.4, 0.5) is 10.8 Å². The molecule has 3 rings (SSSR count). The van der Waals surface area contributed by atoms with E-state index in [1.807, 2.05) is 37.3 Å². The molecule has 0 aliphatic carbocycles. The summed E-state index contributed by atoms with van der Waals surface area (Å²) in [6.45, 7) is 3.43. The fraction of sp³-hybridized carbons (Fsp3) is 0.143. The predicted octanol–water partition coefficient (Wildman–Crippen LogP) is 4.36. The van der Waals surface area contributed by atoms with Crippen LogP contribution in [0.1, 0.15) is 34.1 Å². The molecule has 0 radical (unpaired) electrons.